The second-order valence-corrected chi connectivity index (χ2v) is 5.82. The lowest BCUT2D eigenvalue weighted by atomic mass is 9.54. The van der Waals surface area contributed by atoms with Crippen LogP contribution in [0.3, 0.4) is 0 Å². The SMILES string of the molecule is NCC1(C2(O)CCc3ccccc3C2)CCC1. The van der Waals surface area contributed by atoms with E-state index in [1.807, 2.05) is 0 Å². The molecule has 0 aromatic heterocycles. The van der Waals surface area contributed by atoms with Crippen LogP contribution in [0.5, 0.6) is 0 Å². The van der Waals surface area contributed by atoms with Crippen LogP contribution < -0.4 is 5.73 Å². The lowest BCUT2D eigenvalue weighted by Crippen LogP contribution is -2.59. The lowest BCUT2D eigenvalue weighted by molar-refractivity contribution is -0.130. The average molecular weight is 231 g/mol. The maximum atomic E-state index is 11.0. The zero-order valence-corrected chi connectivity index (χ0v) is 10.3. The van der Waals surface area contributed by atoms with Gasteiger partial charge in [0.15, 0.2) is 0 Å². The molecule has 3 N–H and O–H groups in total. The normalized spacial score (nSPS) is 30.5. The van der Waals surface area contributed by atoms with Gasteiger partial charge in [-0.2, -0.15) is 0 Å². The van der Waals surface area contributed by atoms with E-state index in [1.165, 1.54) is 17.5 Å². The third kappa shape index (κ3) is 1.54. The predicted octanol–water partition coefficient (Wildman–Crippen LogP) is 2.04. The molecule has 2 nitrogen and oxygen atoms in total. The molecule has 2 heteroatoms. The summed E-state index contributed by atoms with van der Waals surface area (Å²) >= 11 is 0. The molecule has 0 bridgehead atoms. The molecule has 0 heterocycles. The van der Waals surface area contributed by atoms with Crippen LogP contribution in [0.4, 0.5) is 0 Å². The second kappa shape index (κ2) is 3.82. The van der Waals surface area contributed by atoms with Crippen molar-refractivity contribution in [1.29, 1.82) is 0 Å². The molecule has 0 spiro atoms. The van der Waals surface area contributed by atoms with Gasteiger partial charge in [-0.3, -0.25) is 0 Å². The Bertz CT molecular complexity index is 419. The summed E-state index contributed by atoms with van der Waals surface area (Å²) in [6.07, 6.45) is 6.08. The molecule has 1 saturated carbocycles. The van der Waals surface area contributed by atoms with Gasteiger partial charge in [0.05, 0.1) is 5.60 Å². The first-order valence-corrected chi connectivity index (χ1v) is 6.68. The fourth-order valence-corrected chi connectivity index (χ4v) is 3.63. The van der Waals surface area contributed by atoms with E-state index in [2.05, 4.69) is 24.3 Å². The van der Waals surface area contributed by atoms with E-state index < -0.39 is 5.60 Å². The van der Waals surface area contributed by atoms with Gasteiger partial charge in [-0.1, -0.05) is 30.7 Å². The lowest BCUT2D eigenvalue weighted by Gasteiger charge is -2.54. The number of aryl methyl sites for hydroxylation is 1. The Morgan fingerprint density at radius 3 is 2.41 bits per heavy atom. The van der Waals surface area contributed by atoms with Crippen molar-refractivity contribution in [3.63, 3.8) is 0 Å². The van der Waals surface area contributed by atoms with Crippen LogP contribution >= 0.6 is 0 Å². The molecule has 0 radical (unpaired) electrons. The van der Waals surface area contributed by atoms with Gasteiger partial charge in [-0.15, -0.1) is 0 Å². The summed E-state index contributed by atoms with van der Waals surface area (Å²) in [5.41, 5.74) is 8.11. The van der Waals surface area contributed by atoms with E-state index in [9.17, 15) is 5.11 Å². The van der Waals surface area contributed by atoms with E-state index in [-0.39, 0.29) is 5.41 Å². The van der Waals surface area contributed by atoms with E-state index >= 15 is 0 Å². The number of rotatable bonds is 2. The zero-order chi connectivity index (χ0) is 11.9. The minimum Gasteiger partial charge on any atom is -0.389 e. The largest absolute Gasteiger partial charge is 0.389 e. The Hall–Kier alpha value is -0.860. The van der Waals surface area contributed by atoms with Gasteiger partial charge in [0.2, 0.25) is 0 Å². The van der Waals surface area contributed by atoms with Crippen molar-refractivity contribution in [3.05, 3.63) is 35.4 Å². The summed E-state index contributed by atoms with van der Waals surface area (Å²) in [5, 5.41) is 11.0. The number of fused-ring (bicyclic) bond motifs is 1. The Balaban J connectivity index is 1.92. The molecule has 0 saturated heterocycles. The number of nitrogens with two attached hydrogens (primary N) is 1. The van der Waals surface area contributed by atoms with Crippen LogP contribution in [-0.2, 0) is 12.8 Å². The highest BCUT2D eigenvalue weighted by atomic mass is 16.3. The van der Waals surface area contributed by atoms with Gasteiger partial charge >= 0.3 is 0 Å². The molecule has 0 aliphatic heterocycles. The molecular weight excluding hydrogens is 210 g/mol. The highest BCUT2D eigenvalue weighted by molar-refractivity contribution is 5.33. The first-order chi connectivity index (χ1) is 8.19. The Labute approximate surface area is 103 Å². The van der Waals surface area contributed by atoms with Crippen LogP contribution in [-0.4, -0.2) is 17.3 Å². The molecule has 17 heavy (non-hydrogen) atoms. The van der Waals surface area contributed by atoms with Crippen LogP contribution in [0.1, 0.15) is 36.8 Å². The van der Waals surface area contributed by atoms with Gasteiger partial charge < -0.3 is 10.8 Å². The minimum atomic E-state index is -0.561. The molecular formula is C15H21NO. The zero-order valence-electron chi connectivity index (χ0n) is 10.3. The summed E-state index contributed by atoms with van der Waals surface area (Å²) in [6, 6.07) is 8.50. The van der Waals surface area contributed by atoms with Gasteiger partial charge in [0, 0.05) is 18.4 Å². The molecule has 2 aliphatic carbocycles. The molecule has 1 aromatic carbocycles. The fraction of sp³-hybridized carbons (Fsp3) is 0.600. The molecule has 3 rings (SSSR count). The highest BCUT2D eigenvalue weighted by Gasteiger charge is 2.53. The highest BCUT2D eigenvalue weighted by Crippen LogP contribution is 2.53. The number of aliphatic hydroxyl groups is 1. The van der Waals surface area contributed by atoms with Gasteiger partial charge in [-0.25, -0.2) is 0 Å². The Kier molecular flexibility index (Phi) is 2.53. The third-order valence-corrected chi connectivity index (χ3v) is 5.10. The maximum absolute atomic E-state index is 11.0. The van der Waals surface area contributed by atoms with Crippen molar-refractivity contribution in [1.82, 2.24) is 0 Å². The van der Waals surface area contributed by atoms with E-state index in [4.69, 9.17) is 5.73 Å². The molecule has 92 valence electrons. The minimum absolute atomic E-state index is 0.000527. The Morgan fingerprint density at radius 2 is 1.82 bits per heavy atom. The standard InChI is InChI=1S/C15H21NO/c16-11-14(7-3-8-14)15(17)9-6-12-4-1-2-5-13(12)10-15/h1-2,4-5,17H,3,6-11,16H2. The van der Waals surface area contributed by atoms with Gasteiger partial charge in [0.25, 0.3) is 0 Å². The Morgan fingerprint density at radius 1 is 1.12 bits per heavy atom. The molecule has 1 fully saturated rings. The number of hydrogen-bond donors (Lipinski definition) is 2. The summed E-state index contributed by atoms with van der Waals surface area (Å²) in [7, 11) is 0. The summed E-state index contributed by atoms with van der Waals surface area (Å²) in [6.45, 7) is 0.631. The smallest absolute Gasteiger partial charge is 0.0759 e. The molecule has 2 aliphatic rings. The molecule has 1 unspecified atom stereocenters. The van der Waals surface area contributed by atoms with Crippen molar-refractivity contribution in [3.8, 4) is 0 Å². The maximum Gasteiger partial charge on any atom is 0.0759 e. The van der Waals surface area contributed by atoms with Crippen LogP contribution in [0, 0.1) is 5.41 Å². The second-order valence-electron chi connectivity index (χ2n) is 5.82. The summed E-state index contributed by atoms with van der Waals surface area (Å²) in [4.78, 5) is 0. The van der Waals surface area contributed by atoms with Crippen LogP contribution in [0.15, 0.2) is 24.3 Å². The molecule has 0 amide bonds. The quantitative estimate of drug-likeness (QED) is 0.818. The van der Waals surface area contributed by atoms with E-state index in [0.717, 1.165) is 32.1 Å². The topological polar surface area (TPSA) is 46.2 Å². The van der Waals surface area contributed by atoms with Crippen molar-refractivity contribution in [2.24, 2.45) is 11.1 Å². The first-order valence-electron chi connectivity index (χ1n) is 6.68. The van der Waals surface area contributed by atoms with Gasteiger partial charge in [-0.05, 0) is 36.8 Å². The van der Waals surface area contributed by atoms with E-state index in [0.29, 0.717) is 6.54 Å². The molecule has 1 aromatic rings. The van der Waals surface area contributed by atoms with E-state index in [1.54, 1.807) is 0 Å². The van der Waals surface area contributed by atoms with Crippen molar-refractivity contribution in [2.45, 2.75) is 44.1 Å². The average Bonchev–Trinajstić information content (AvgIpc) is 2.28. The first kappa shape index (κ1) is 11.2. The predicted molar refractivity (Wildman–Crippen MR) is 68.8 cm³/mol. The summed E-state index contributed by atoms with van der Waals surface area (Å²) in [5.74, 6) is 0. The van der Waals surface area contributed by atoms with Crippen LogP contribution in [0.25, 0.3) is 0 Å². The summed E-state index contributed by atoms with van der Waals surface area (Å²) < 4.78 is 0. The molecule has 1 atom stereocenters. The van der Waals surface area contributed by atoms with Gasteiger partial charge in [0.1, 0.15) is 0 Å². The van der Waals surface area contributed by atoms with Crippen molar-refractivity contribution < 1.29 is 5.11 Å². The number of hydrogen-bond acceptors (Lipinski definition) is 2. The third-order valence-electron chi connectivity index (χ3n) is 5.10. The van der Waals surface area contributed by atoms with Crippen molar-refractivity contribution >= 4 is 0 Å². The number of benzene rings is 1. The van der Waals surface area contributed by atoms with Crippen LogP contribution in [0.2, 0.25) is 0 Å². The monoisotopic (exact) mass is 231 g/mol. The fourth-order valence-electron chi connectivity index (χ4n) is 3.63. The van der Waals surface area contributed by atoms with Crippen molar-refractivity contribution in [2.75, 3.05) is 6.54 Å².